The normalized spacial score (nSPS) is 16.6. The molecule has 1 N–H and O–H groups in total. The number of aliphatic imine (C=N–C) groups is 2. The van der Waals surface area contributed by atoms with E-state index < -0.39 is 10.0 Å². The lowest BCUT2D eigenvalue weighted by molar-refractivity contribution is -0.00256. The first-order valence-corrected chi connectivity index (χ1v) is 4.79. The van der Waals surface area contributed by atoms with Crippen molar-refractivity contribution in [3.05, 3.63) is 5.53 Å². The van der Waals surface area contributed by atoms with E-state index in [1.807, 2.05) is 4.72 Å². The highest BCUT2D eigenvalue weighted by molar-refractivity contribution is 8.06. The first kappa shape index (κ1) is 9.72. The number of amidine groups is 2. The van der Waals surface area contributed by atoms with Gasteiger partial charge < -0.3 is 10.3 Å². The Kier molecular flexibility index (Phi) is 2.37. The summed E-state index contributed by atoms with van der Waals surface area (Å²) in [7, 11) is -2.46. The Balaban J connectivity index is 3.27. The minimum Gasteiger partial charge on any atom is -0.497 e. The third-order valence-electron chi connectivity index (χ3n) is 1.34. The first-order valence-electron chi connectivity index (χ1n) is 3.31. The quantitative estimate of drug-likeness (QED) is 0.433. The van der Waals surface area contributed by atoms with Crippen LogP contribution in [0, 0.1) is 0 Å². The van der Waals surface area contributed by atoms with Gasteiger partial charge in [0.1, 0.15) is 0 Å². The van der Waals surface area contributed by atoms with Gasteiger partial charge in [-0.2, -0.15) is 4.99 Å². The Labute approximate surface area is 74.9 Å². The van der Waals surface area contributed by atoms with Gasteiger partial charge in [0.25, 0.3) is 15.1 Å². The van der Waals surface area contributed by atoms with Gasteiger partial charge in [-0.3, -0.25) is 0 Å². The molecule has 1 heterocycles. The van der Waals surface area contributed by atoms with Crippen molar-refractivity contribution < 1.29 is 13.2 Å². The highest BCUT2D eigenvalue weighted by atomic mass is 32.2. The number of nitrogens with one attached hydrogen (secondary N) is 1. The molecule has 0 radical (unpaired) electrons. The van der Waals surface area contributed by atoms with E-state index in [1.165, 1.54) is 14.0 Å². The zero-order chi connectivity index (χ0) is 10.1. The zero-order valence-electron chi connectivity index (χ0n) is 7.01. The molecule has 1 aliphatic rings. The van der Waals surface area contributed by atoms with E-state index in [4.69, 9.17) is 5.53 Å². The minimum absolute atomic E-state index is 0.238. The molecule has 0 atom stereocenters. The fourth-order valence-corrected chi connectivity index (χ4v) is 1.54. The van der Waals surface area contributed by atoms with Gasteiger partial charge in [0.05, 0.1) is 0 Å². The Morgan fingerprint density at radius 1 is 1.46 bits per heavy atom. The summed E-state index contributed by atoms with van der Waals surface area (Å²) in [5.74, 6) is -0.0616. The second-order valence-electron chi connectivity index (χ2n) is 2.21. The number of rotatable bonds is 1. The number of sulfonamides is 1. The molecule has 8 heteroatoms. The van der Waals surface area contributed by atoms with Crippen LogP contribution in [-0.2, 0) is 10.0 Å². The summed E-state index contributed by atoms with van der Waals surface area (Å²) in [4.78, 5) is 9.92. The SMILES string of the molecule is CNS(=O)(=O)C1=NC(C)=NC1=[N+]=[N-]. The Bertz CT molecular complexity index is 440. The van der Waals surface area contributed by atoms with Crippen molar-refractivity contribution in [1.29, 1.82) is 0 Å². The fourth-order valence-electron chi connectivity index (χ4n) is 0.765. The summed E-state index contributed by atoms with van der Waals surface area (Å²) in [6, 6.07) is 0. The van der Waals surface area contributed by atoms with E-state index in [9.17, 15) is 8.42 Å². The van der Waals surface area contributed by atoms with E-state index in [0.717, 1.165) is 0 Å². The first-order chi connectivity index (χ1) is 6.01. The molecule has 1 aliphatic heterocycles. The average Bonchev–Trinajstić information content (AvgIpc) is 2.47. The molecule has 0 aliphatic carbocycles. The molecule has 70 valence electrons. The van der Waals surface area contributed by atoms with Crippen LogP contribution in [0.5, 0.6) is 0 Å². The molecule has 7 nitrogen and oxygen atoms in total. The predicted octanol–water partition coefficient (Wildman–Crippen LogP) is -1.01. The molecule has 0 fully saturated rings. The van der Waals surface area contributed by atoms with Crippen LogP contribution in [0.25, 0.3) is 5.53 Å². The van der Waals surface area contributed by atoms with Gasteiger partial charge in [0.2, 0.25) is 5.84 Å². The molecule has 0 saturated carbocycles. The molecule has 0 unspecified atom stereocenters. The lowest BCUT2D eigenvalue weighted by atomic mass is 10.7. The molecule has 0 spiro atoms. The van der Waals surface area contributed by atoms with Crippen molar-refractivity contribution in [1.82, 2.24) is 4.72 Å². The summed E-state index contributed by atoms with van der Waals surface area (Å²) >= 11 is 0. The monoisotopic (exact) mass is 201 g/mol. The van der Waals surface area contributed by atoms with Crippen LogP contribution in [0.4, 0.5) is 0 Å². The largest absolute Gasteiger partial charge is 0.497 e. The van der Waals surface area contributed by atoms with Gasteiger partial charge in [0.15, 0.2) is 0 Å². The van der Waals surface area contributed by atoms with E-state index >= 15 is 0 Å². The lowest BCUT2D eigenvalue weighted by Crippen LogP contribution is -2.31. The summed E-state index contributed by atoms with van der Waals surface area (Å²) < 4.78 is 24.5. The summed E-state index contributed by atoms with van der Waals surface area (Å²) in [5, 5.41) is -0.366. The molecule has 0 bridgehead atoms. The average molecular weight is 201 g/mol. The van der Waals surface area contributed by atoms with Crippen LogP contribution in [-0.4, -0.2) is 37.0 Å². The van der Waals surface area contributed by atoms with Crippen LogP contribution < -0.4 is 4.72 Å². The Hall–Kier alpha value is -1.37. The van der Waals surface area contributed by atoms with Crippen molar-refractivity contribution in [2.75, 3.05) is 7.05 Å². The molecule has 0 amide bonds. The number of nitrogens with zero attached hydrogens (tertiary/aromatic N) is 4. The molecule has 0 saturated heterocycles. The van der Waals surface area contributed by atoms with Gasteiger partial charge in [-0.25, -0.2) is 13.1 Å². The van der Waals surface area contributed by atoms with Gasteiger partial charge in [-0.1, -0.05) is 0 Å². The maximum absolute atomic E-state index is 11.2. The smallest absolute Gasteiger partial charge is 0.442 e. The van der Waals surface area contributed by atoms with Crippen molar-refractivity contribution in [3.8, 4) is 0 Å². The molecule has 0 aromatic carbocycles. The molecule has 13 heavy (non-hydrogen) atoms. The summed E-state index contributed by atoms with van der Waals surface area (Å²) in [6.07, 6.45) is 0. The molecule has 0 aromatic rings. The van der Waals surface area contributed by atoms with E-state index in [-0.39, 0.29) is 16.7 Å². The van der Waals surface area contributed by atoms with Crippen LogP contribution in [0.1, 0.15) is 6.92 Å². The van der Waals surface area contributed by atoms with E-state index in [0.29, 0.717) is 0 Å². The highest BCUT2D eigenvalue weighted by Gasteiger charge is 2.35. The van der Waals surface area contributed by atoms with Crippen molar-refractivity contribution >= 4 is 26.7 Å². The highest BCUT2D eigenvalue weighted by Crippen LogP contribution is 2.02. The maximum atomic E-state index is 11.2. The topological polar surface area (TPSA) is 107 Å². The Morgan fingerprint density at radius 2 is 2.08 bits per heavy atom. The third kappa shape index (κ3) is 1.69. The van der Waals surface area contributed by atoms with Gasteiger partial charge >= 0.3 is 5.84 Å². The van der Waals surface area contributed by atoms with Gasteiger partial charge in [-0.05, 0) is 12.0 Å². The maximum Gasteiger partial charge on any atom is 0.442 e. The molecule has 1 rings (SSSR count). The second kappa shape index (κ2) is 3.17. The van der Waals surface area contributed by atoms with Crippen LogP contribution in [0.3, 0.4) is 0 Å². The number of hydrogen-bond acceptors (Lipinski definition) is 3. The molecular formula is C5H7N5O2S. The van der Waals surface area contributed by atoms with E-state index in [2.05, 4.69) is 14.8 Å². The molecule has 0 aromatic heterocycles. The predicted molar refractivity (Wildman–Crippen MR) is 47.1 cm³/mol. The van der Waals surface area contributed by atoms with Gasteiger partial charge in [0, 0.05) is 6.92 Å². The second-order valence-corrected chi connectivity index (χ2v) is 4.01. The van der Waals surface area contributed by atoms with Crippen LogP contribution >= 0.6 is 0 Å². The standard InChI is InChI=1S/C5H7N5O2S/c1-3-8-4(10-6)5(9-3)13(11,12)7-2/h7H,1-2H3. The third-order valence-corrected chi connectivity index (χ3v) is 2.66. The Morgan fingerprint density at radius 3 is 2.54 bits per heavy atom. The van der Waals surface area contributed by atoms with Crippen LogP contribution in [0.2, 0.25) is 0 Å². The van der Waals surface area contributed by atoms with Crippen LogP contribution in [0.15, 0.2) is 9.98 Å². The van der Waals surface area contributed by atoms with Crippen molar-refractivity contribution in [2.45, 2.75) is 6.92 Å². The summed E-state index contributed by atoms with van der Waals surface area (Å²) in [6.45, 7) is 1.50. The minimum atomic E-state index is -3.70. The number of hydrogen-bond donors (Lipinski definition) is 1. The van der Waals surface area contributed by atoms with Crippen molar-refractivity contribution in [2.24, 2.45) is 9.98 Å². The lowest BCUT2D eigenvalue weighted by Gasteiger charge is -1.94. The molecular weight excluding hydrogens is 194 g/mol. The van der Waals surface area contributed by atoms with Crippen molar-refractivity contribution in [3.63, 3.8) is 0 Å². The fraction of sp³-hybridized carbons (Fsp3) is 0.400. The summed E-state index contributed by atoms with van der Waals surface area (Å²) in [5.41, 5.74) is 8.42. The van der Waals surface area contributed by atoms with Gasteiger partial charge in [-0.15, -0.1) is 0 Å². The zero-order valence-corrected chi connectivity index (χ0v) is 7.83. The van der Waals surface area contributed by atoms with E-state index in [1.54, 1.807) is 0 Å².